The Morgan fingerprint density at radius 2 is 1.80 bits per heavy atom. The van der Waals surface area contributed by atoms with Crippen molar-refractivity contribution in [3.63, 3.8) is 0 Å². The standard InChI is InChI=1S/C17H16N2O/c1-11-4-7-15(13(3)8-11)17(20)19-16-9-14(10-18)6-5-12(16)2/h4-9H,1-3H3,(H,19,20). The van der Waals surface area contributed by atoms with Gasteiger partial charge in [-0.15, -0.1) is 0 Å². The van der Waals surface area contributed by atoms with E-state index in [2.05, 4.69) is 11.4 Å². The van der Waals surface area contributed by atoms with Gasteiger partial charge in [-0.3, -0.25) is 4.79 Å². The van der Waals surface area contributed by atoms with Gasteiger partial charge in [-0.1, -0.05) is 23.8 Å². The van der Waals surface area contributed by atoms with Crippen LogP contribution in [0.25, 0.3) is 0 Å². The molecule has 0 aliphatic rings. The number of aryl methyl sites for hydroxylation is 3. The molecule has 20 heavy (non-hydrogen) atoms. The van der Waals surface area contributed by atoms with E-state index < -0.39 is 0 Å². The number of carbonyl (C=O) groups is 1. The van der Waals surface area contributed by atoms with Gasteiger partial charge in [0, 0.05) is 11.3 Å². The first-order valence-corrected chi connectivity index (χ1v) is 6.40. The molecule has 0 saturated carbocycles. The van der Waals surface area contributed by atoms with Crippen molar-refractivity contribution in [1.29, 1.82) is 5.26 Å². The third kappa shape index (κ3) is 2.86. The number of nitrogens with zero attached hydrogens (tertiary/aromatic N) is 1. The molecule has 0 heterocycles. The summed E-state index contributed by atoms with van der Waals surface area (Å²) in [5.74, 6) is -0.152. The molecule has 1 N–H and O–H groups in total. The van der Waals surface area contributed by atoms with Crippen molar-refractivity contribution in [2.45, 2.75) is 20.8 Å². The molecule has 0 aliphatic carbocycles. The van der Waals surface area contributed by atoms with Crippen LogP contribution in [-0.2, 0) is 0 Å². The van der Waals surface area contributed by atoms with Gasteiger partial charge in [-0.05, 0) is 50.1 Å². The van der Waals surface area contributed by atoms with Crippen LogP contribution in [0.1, 0.15) is 32.6 Å². The lowest BCUT2D eigenvalue weighted by molar-refractivity contribution is 0.102. The number of nitrogens with one attached hydrogen (secondary N) is 1. The van der Waals surface area contributed by atoms with Crippen LogP contribution in [0.5, 0.6) is 0 Å². The third-order valence-corrected chi connectivity index (χ3v) is 3.24. The Hall–Kier alpha value is -2.60. The predicted molar refractivity (Wildman–Crippen MR) is 79.8 cm³/mol. The second kappa shape index (κ2) is 5.58. The molecule has 100 valence electrons. The van der Waals surface area contributed by atoms with E-state index in [1.54, 1.807) is 12.1 Å². The highest BCUT2D eigenvalue weighted by atomic mass is 16.1. The Bertz CT molecular complexity index is 711. The summed E-state index contributed by atoms with van der Waals surface area (Å²) in [4.78, 5) is 12.3. The summed E-state index contributed by atoms with van der Waals surface area (Å²) < 4.78 is 0. The maximum absolute atomic E-state index is 12.3. The van der Waals surface area contributed by atoms with Crippen LogP contribution in [0.2, 0.25) is 0 Å². The molecule has 0 radical (unpaired) electrons. The van der Waals surface area contributed by atoms with Crippen molar-refractivity contribution in [2.75, 3.05) is 5.32 Å². The molecule has 0 aromatic heterocycles. The van der Waals surface area contributed by atoms with Crippen LogP contribution >= 0.6 is 0 Å². The number of amides is 1. The van der Waals surface area contributed by atoms with Gasteiger partial charge in [0.25, 0.3) is 5.91 Å². The molecule has 0 spiro atoms. The molecule has 2 aromatic rings. The van der Waals surface area contributed by atoms with Crippen molar-refractivity contribution >= 4 is 11.6 Å². The summed E-state index contributed by atoms with van der Waals surface area (Å²) in [5, 5.41) is 11.8. The Morgan fingerprint density at radius 3 is 2.45 bits per heavy atom. The third-order valence-electron chi connectivity index (χ3n) is 3.24. The van der Waals surface area contributed by atoms with Crippen LogP contribution in [0, 0.1) is 32.1 Å². The monoisotopic (exact) mass is 264 g/mol. The molecule has 0 atom stereocenters. The largest absolute Gasteiger partial charge is 0.322 e. The normalized spacial score (nSPS) is 9.90. The van der Waals surface area contributed by atoms with Gasteiger partial charge in [0.1, 0.15) is 0 Å². The van der Waals surface area contributed by atoms with Crippen LogP contribution in [0.4, 0.5) is 5.69 Å². The quantitative estimate of drug-likeness (QED) is 0.898. The Balaban J connectivity index is 2.30. The van der Waals surface area contributed by atoms with Crippen molar-refractivity contribution in [2.24, 2.45) is 0 Å². The van der Waals surface area contributed by atoms with Crippen LogP contribution < -0.4 is 5.32 Å². The zero-order valence-electron chi connectivity index (χ0n) is 11.8. The molecule has 3 nitrogen and oxygen atoms in total. The molecule has 0 aliphatic heterocycles. The van der Waals surface area contributed by atoms with Crippen molar-refractivity contribution in [3.05, 3.63) is 64.2 Å². The minimum Gasteiger partial charge on any atom is -0.322 e. The van der Waals surface area contributed by atoms with E-state index in [4.69, 9.17) is 5.26 Å². The minimum absolute atomic E-state index is 0.152. The molecule has 1 amide bonds. The van der Waals surface area contributed by atoms with Crippen LogP contribution in [0.3, 0.4) is 0 Å². The van der Waals surface area contributed by atoms with Gasteiger partial charge in [-0.25, -0.2) is 0 Å². The first-order chi connectivity index (χ1) is 9.51. The Kier molecular flexibility index (Phi) is 3.86. The first-order valence-electron chi connectivity index (χ1n) is 6.40. The lowest BCUT2D eigenvalue weighted by Crippen LogP contribution is -2.14. The predicted octanol–water partition coefficient (Wildman–Crippen LogP) is 3.74. The fraction of sp³-hybridized carbons (Fsp3) is 0.176. The highest BCUT2D eigenvalue weighted by Crippen LogP contribution is 2.19. The number of benzene rings is 2. The summed E-state index contributed by atoms with van der Waals surface area (Å²) >= 11 is 0. The molecule has 0 fully saturated rings. The average Bonchev–Trinajstić information content (AvgIpc) is 2.41. The van der Waals surface area contributed by atoms with E-state index in [-0.39, 0.29) is 5.91 Å². The van der Waals surface area contributed by atoms with E-state index in [9.17, 15) is 4.79 Å². The zero-order valence-corrected chi connectivity index (χ0v) is 11.8. The lowest BCUT2D eigenvalue weighted by atomic mass is 10.0. The van der Waals surface area contributed by atoms with Crippen LogP contribution in [-0.4, -0.2) is 5.91 Å². The van der Waals surface area contributed by atoms with Gasteiger partial charge in [-0.2, -0.15) is 5.26 Å². The highest BCUT2D eigenvalue weighted by molar-refractivity contribution is 6.05. The van der Waals surface area contributed by atoms with Crippen molar-refractivity contribution in [1.82, 2.24) is 0 Å². The minimum atomic E-state index is -0.152. The summed E-state index contributed by atoms with van der Waals surface area (Å²) in [6.07, 6.45) is 0. The van der Waals surface area contributed by atoms with Crippen molar-refractivity contribution in [3.8, 4) is 6.07 Å². The van der Waals surface area contributed by atoms with E-state index in [0.717, 1.165) is 16.7 Å². The van der Waals surface area contributed by atoms with Gasteiger partial charge in [0.2, 0.25) is 0 Å². The topological polar surface area (TPSA) is 52.9 Å². The lowest BCUT2D eigenvalue weighted by Gasteiger charge is -2.11. The van der Waals surface area contributed by atoms with Gasteiger partial charge >= 0.3 is 0 Å². The SMILES string of the molecule is Cc1ccc(C(=O)Nc2cc(C#N)ccc2C)c(C)c1. The van der Waals surface area contributed by atoms with E-state index in [1.807, 2.05) is 45.0 Å². The fourth-order valence-corrected chi connectivity index (χ4v) is 2.08. The fourth-order valence-electron chi connectivity index (χ4n) is 2.08. The van der Waals surface area contributed by atoms with Gasteiger partial charge in [0.05, 0.1) is 11.6 Å². The summed E-state index contributed by atoms with van der Waals surface area (Å²) in [7, 11) is 0. The highest BCUT2D eigenvalue weighted by Gasteiger charge is 2.10. The van der Waals surface area contributed by atoms with E-state index in [0.29, 0.717) is 16.8 Å². The molecule has 3 heteroatoms. The number of hydrogen-bond donors (Lipinski definition) is 1. The molecule has 2 rings (SSSR count). The summed E-state index contributed by atoms with van der Waals surface area (Å²) in [6, 6.07) is 13.1. The first kappa shape index (κ1) is 13.8. The zero-order chi connectivity index (χ0) is 14.7. The maximum atomic E-state index is 12.3. The van der Waals surface area contributed by atoms with Crippen LogP contribution in [0.15, 0.2) is 36.4 Å². The Labute approximate surface area is 118 Å². The maximum Gasteiger partial charge on any atom is 0.255 e. The molecular formula is C17H16N2O. The van der Waals surface area contributed by atoms with Gasteiger partial charge < -0.3 is 5.32 Å². The number of rotatable bonds is 2. The van der Waals surface area contributed by atoms with E-state index in [1.165, 1.54) is 0 Å². The van der Waals surface area contributed by atoms with E-state index >= 15 is 0 Å². The van der Waals surface area contributed by atoms with Gasteiger partial charge in [0.15, 0.2) is 0 Å². The molecule has 0 saturated heterocycles. The molecule has 0 bridgehead atoms. The molecule has 2 aromatic carbocycles. The smallest absolute Gasteiger partial charge is 0.255 e. The van der Waals surface area contributed by atoms with Crippen molar-refractivity contribution < 1.29 is 4.79 Å². The second-order valence-corrected chi connectivity index (χ2v) is 4.91. The summed E-state index contributed by atoms with van der Waals surface area (Å²) in [6.45, 7) is 5.81. The number of anilines is 1. The number of nitriles is 1. The Morgan fingerprint density at radius 1 is 1.05 bits per heavy atom. The number of hydrogen-bond acceptors (Lipinski definition) is 2. The average molecular weight is 264 g/mol. The molecular weight excluding hydrogens is 248 g/mol. The molecule has 0 unspecified atom stereocenters. The summed E-state index contributed by atoms with van der Waals surface area (Å²) in [5.41, 5.74) is 4.86. The second-order valence-electron chi connectivity index (χ2n) is 4.91. The number of carbonyl (C=O) groups excluding carboxylic acids is 1.